The van der Waals surface area contributed by atoms with E-state index < -0.39 is 22.0 Å². The zero-order valence-electron chi connectivity index (χ0n) is 15.4. The number of carbonyl (C=O) groups excluding carboxylic acids is 1. The van der Waals surface area contributed by atoms with Crippen LogP contribution in [0.15, 0.2) is 82.5 Å². The van der Waals surface area contributed by atoms with Gasteiger partial charge in [-0.05, 0) is 30.7 Å². The van der Waals surface area contributed by atoms with Crippen LogP contribution >= 0.6 is 0 Å². The van der Waals surface area contributed by atoms with Crippen LogP contribution in [0.2, 0.25) is 0 Å². The largest absolute Gasteiger partial charge is 0.472 e. The quantitative estimate of drug-likeness (QED) is 0.582. The zero-order valence-corrected chi connectivity index (χ0v) is 16.2. The van der Waals surface area contributed by atoms with Crippen LogP contribution in [0.25, 0.3) is 0 Å². The summed E-state index contributed by atoms with van der Waals surface area (Å²) in [5.74, 6) is -0.512. The second-order valence-corrected chi connectivity index (χ2v) is 8.05. The molecule has 1 heterocycles. The molecule has 1 aromatic heterocycles. The molecule has 0 aliphatic heterocycles. The summed E-state index contributed by atoms with van der Waals surface area (Å²) >= 11 is 0. The maximum atomic E-state index is 12.8. The lowest BCUT2D eigenvalue weighted by atomic mass is 10.1. The van der Waals surface area contributed by atoms with Crippen LogP contribution in [0.4, 0.5) is 0 Å². The highest BCUT2D eigenvalue weighted by atomic mass is 32.2. The fourth-order valence-corrected chi connectivity index (χ4v) is 3.94. The third kappa shape index (κ3) is 5.09. The highest BCUT2D eigenvalue weighted by Gasteiger charge is 2.22. The predicted octanol–water partition coefficient (Wildman–Crippen LogP) is 3.85. The SMILES string of the molecule is Cc1ccc(S(=O)(=O)NC(CCOC(=O)c2ccoc2)c2ccccc2)cc1. The van der Waals surface area contributed by atoms with Crippen molar-refractivity contribution >= 4 is 16.0 Å². The molecule has 2 aromatic carbocycles. The molecule has 0 fully saturated rings. The number of carbonyl (C=O) groups is 1. The van der Waals surface area contributed by atoms with Crippen LogP contribution in [-0.4, -0.2) is 21.0 Å². The van der Waals surface area contributed by atoms with Crippen molar-refractivity contribution in [2.24, 2.45) is 0 Å². The van der Waals surface area contributed by atoms with E-state index in [0.717, 1.165) is 11.1 Å². The standard InChI is InChI=1S/C21H21NO5S/c1-16-7-9-19(10-8-16)28(24,25)22-20(17-5-3-2-4-6-17)12-14-27-21(23)18-11-13-26-15-18/h2-11,13,15,20,22H,12,14H2,1H3. The second kappa shape index (κ2) is 8.86. The molecule has 1 atom stereocenters. The van der Waals surface area contributed by atoms with Gasteiger partial charge in [-0.3, -0.25) is 0 Å². The van der Waals surface area contributed by atoms with Crippen molar-refractivity contribution in [3.05, 3.63) is 89.9 Å². The van der Waals surface area contributed by atoms with E-state index in [1.54, 1.807) is 24.3 Å². The maximum absolute atomic E-state index is 12.8. The first-order valence-electron chi connectivity index (χ1n) is 8.79. The van der Waals surface area contributed by atoms with Crippen molar-refractivity contribution in [3.63, 3.8) is 0 Å². The van der Waals surface area contributed by atoms with E-state index in [9.17, 15) is 13.2 Å². The number of benzene rings is 2. The Bertz CT molecular complexity index is 997. The molecule has 1 N–H and O–H groups in total. The topological polar surface area (TPSA) is 85.6 Å². The number of furan rings is 1. The summed E-state index contributed by atoms with van der Waals surface area (Å²) in [6, 6.07) is 16.8. The van der Waals surface area contributed by atoms with Crippen LogP contribution in [0.5, 0.6) is 0 Å². The molecule has 0 aliphatic carbocycles. The first kappa shape index (κ1) is 19.9. The molecule has 6 nitrogen and oxygen atoms in total. The molecule has 28 heavy (non-hydrogen) atoms. The van der Waals surface area contributed by atoms with Crippen LogP contribution in [-0.2, 0) is 14.8 Å². The molecule has 0 saturated carbocycles. The van der Waals surface area contributed by atoms with E-state index in [1.165, 1.54) is 18.6 Å². The van der Waals surface area contributed by atoms with E-state index in [-0.39, 0.29) is 11.5 Å². The van der Waals surface area contributed by atoms with Gasteiger partial charge in [-0.15, -0.1) is 0 Å². The fourth-order valence-electron chi connectivity index (χ4n) is 2.69. The Morgan fingerprint density at radius 2 is 1.79 bits per heavy atom. The van der Waals surface area contributed by atoms with Gasteiger partial charge in [-0.1, -0.05) is 48.0 Å². The van der Waals surface area contributed by atoms with Gasteiger partial charge in [-0.25, -0.2) is 17.9 Å². The number of esters is 1. The number of hydrogen-bond donors (Lipinski definition) is 1. The summed E-state index contributed by atoms with van der Waals surface area (Å²) in [5.41, 5.74) is 2.08. The van der Waals surface area contributed by atoms with Crippen molar-refractivity contribution in [1.82, 2.24) is 4.72 Å². The zero-order chi connectivity index (χ0) is 20.0. The highest BCUT2D eigenvalue weighted by molar-refractivity contribution is 7.89. The Hall–Kier alpha value is -2.90. The van der Waals surface area contributed by atoms with E-state index in [4.69, 9.17) is 9.15 Å². The van der Waals surface area contributed by atoms with Gasteiger partial charge in [0.05, 0.1) is 29.4 Å². The fraction of sp³-hybridized carbons (Fsp3) is 0.190. The van der Waals surface area contributed by atoms with Gasteiger partial charge in [0.1, 0.15) is 6.26 Å². The molecule has 0 bridgehead atoms. The van der Waals surface area contributed by atoms with Gasteiger partial charge in [0.15, 0.2) is 0 Å². The van der Waals surface area contributed by atoms with Crippen molar-refractivity contribution in [2.45, 2.75) is 24.3 Å². The van der Waals surface area contributed by atoms with Gasteiger partial charge in [0.2, 0.25) is 10.0 Å². The van der Waals surface area contributed by atoms with E-state index in [2.05, 4.69) is 4.72 Å². The second-order valence-electron chi connectivity index (χ2n) is 6.33. The number of ether oxygens (including phenoxy) is 1. The highest BCUT2D eigenvalue weighted by Crippen LogP contribution is 2.21. The molecule has 3 rings (SSSR count). The predicted molar refractivity (Wildman–Crippen MR) is 104 cm³/mol. The van der Waals surface area contributed by atoms with Crippen molar-refractivity contribution in [2.75, 3.05) is 6.61 Å². The minimum Gasteiger partial charge on any atom is -0.472 e. The molecule has 1 unspecified atom stereocenters. The molecular weight excluding hydrogens is 378 g/mol. The van der Waals surface area contributed by atoms with E-state index >= 15 is 0 Å². The number of rotatable bonds is 8. The lowest BCUT2D eigenvalue weighted by Gasteiger charge is -2.19. The molecule has 3 aromatic rings. The maximum Gasteiger partial charge on any atom is 0.341 e. The summed E-state index contributed by atoms with van der Waals surface area (Å²) in [4.78, 5) is 12.1. The molecule has 0 amide bonds. The molecule has 7 heteroatoms. The van der Waals surface area contributed by atoms with Gasteiger partial charge in [-0.2, -0.15) is 0 Å². The Balaban J connectivity index is 1.72. The summed E-state index contributed by atoms with van der Waals surface area (Å²) in [6.07, 6.45) is 2.98. The summed E-state index contributed by atoms with van der Waals surface area (Å²) in [7, 11) is -3.72. The first-order chi connectivity index (χ1) is 13.5. The van der Waals surface area contributed by atoms with Crippen LogP contribution in [0, 0.1) is 6.92 Å². The van der Waals surface area contributed by atoms with Gasteiger partial charge < -0.3 is 9.15 Å². The first-order valence-corrected chi connectivity index (χ1v) is 10.3. The van der Waals surface area contributed by atoms with Crippen LogP contribution in [0.1, 0.15) is 33.9 Å². The lowest BCUT2D eigenvalue weighted by Crippen LogP contribution is -2.29. The summed E-state index contributed by atoms with van der Waals surface area (Å²) in [5, 5.41) is 0. The van der Waals surface area contributed by atoms with E-state index in [0.29, 0.717) is 12.0 Å². The minimum absolute atomic E-state index is 0.0555. The monoisotopic (exact) mass is 399 g/mol. The van der Waals surface area contributed by atoms with E-state index in [1.807, 2.05) is 37.3 Å². The number of hydrogen-bond acceptors (Lipinski definition) is 5. The molecule has 0 saturated heterocycles. The molecule has 146 valence electrons. The third-order valence-corrected chi connectivity index (χ3v) is 5.71. The molecule has 0 spiro atoms. The van der Waals surface area contributed by atoms with Crippen LogP contribution in [0.3, 0.4) is 0 Å². The molecule has 0 aliphatic rings. The van der Waals surface area contributed by atoms with Crippen molar-refractivity contribution in [3.8, 4) is 0 Å². The summed E-state index contributed by atoms with van der Waals surface area (Å²) in [6.45, 7) is 1.95. The Morgan fingerprint density at radius 1 is 1.07 bits per heavy atom. The lowest BCUT2D eigenvalue weighted by molar-refractivity contribution is 0.0491. The number of aryl methyl sites for hydroxylation is 1. The number of nitrogens with one attached hydrogen (secondary N) is 1. The minimum atomic E-state index is -3.72. The Kier molecular flexibility index (Phi) is 6.28. The van der Waals surface area contributed by atoms with Crippen LogP contribution < -0.4 is 4.72 Å². The Labute approximate surface area is 164 Å². The average Bonchev–Trinajstić information content (AvgIpc) is 3.23. The van der Waals surface area contributed by atoms with Crippen molar-refractivity contribution < 1.29 is 22.4 Å². The van der Waals surface area contributed by atoms with Gasteiger partial charge in [0, 0.05) is 6.42 Å². The smallest absolute Gasteiger partial charge is 0.341 e. The third-order valence-electron chi connectivity index (χ3n) is 4.23. The van der Waals surface area contributed by atoms with Gasteiger partial charge in [0.25, 0.3) is 0 Å². The summed E-state index contributed by atoms with van der Waals surface area (Å²) < 4.78 is 38.4. The average molecular weight is 399 g/mol. The van der Waals surface area contributed by atoms with Crippen molar-refractivity contribution in [1.29, 1.82) is 0 Å². The molecular formula is C21H21NO5S. The number of sulfonamides is 1. The normalized spacial score (nSPS) is 12.5. The van der Waals surface area contributed by atoms with Gasteiger partial charge >= 0.3 is 5.97 Å². The Morgan fingerprint density at radius 3 is 2.43 bits per heavy atom. The molecule has 0 radical (unpaired) electrons.